The number of carbonyl (C=O) groups is 1. The van der Waals surface area contributed by atoms with Gasteiger partial charge in [-0.1, -0.05) is 36.4 Å². The maximum Gasteiger partial charge on any atom is 0.338 e. The van der Waals surface area contributed by atoms with Gasteiger partial charge < -0.3 is 19.3 Å². The summed E-state index contributed by atoms with van der Waals surface area (Å²) in [4.78, 5) is 13.3. The fraction of sp³-hybridized carbons (Fsp3) is 0.350. The number of methoxy groups -OCH3 is 1. The number of ether oxygens (including phenoxy) is 3. The molecule has 2 aromatic carbocycles. The Labute approximate surface area is 162 Å². The molecule has 1 N–H and O–H groups in total. The molecular formula is C20H22O6S. The van der Waals surface area contributed by atoms with E-state index in [2.05, 4.69) is 0 Å². The first-order chi connectivity index (χ1) is 13.1. The van der Waals surface area contributed by atoms with Crippen molar-refractivity contribution in [1.29, 1.82) is 0 Å². The molecule has 1 heterocycles. The van der Waals surface area contributed by atoms with Crippen LogP contribution in [-0.2, 0) is 18.4 Å². The smallest absolute Gasteiger partial charge is 0.338 e. The van der Waals surface area contributed by atoms with Gasteiger partial charge in [0.05, 0.1) is 11.7 Å². The second-order valence-electron chi connectivity index (χ2n) is 6.13. The summed E-state index contributed by atoms with van der Waals surface area (Å²) in [6.07, 6.45) is -4.00. The van der Waals surface area contributed by atoms with Gasteiger partial charge in [-0.15, -0.1) is 0 Å². The van der Waals surface area contributed by atoms with E-state index in [1.54, 1.807) is 31.2 Å². The van der Waals surface area contributed by atoms with Crippen LogP contribution in [0.5, 0.6) is 0 Å². The number of aliphatic hydroxyl groups excluding tert-OH is 1. The Morgan fingerprint density at radius 1 is 1.00 bits per heavy atom. The van der Waals surface area contributed by atoms with E-state index in [1.807, 2.05) is 36.4 Å². The molecule has 0 aromatic heterocycles. The van der Waals surface area contributed by atoms with Crippen molar-refractivity contribution in [2.75, 3.05) is 7.11 Å². The highest BCUT2D eigenvalue weighted by atomic mass is 32.2. The average molecular weight is 390 g/mol. The Hall–Kier alpha value is -1.90. The first-order valence-corrected chi connectivity index (χ1v) is 9.35. The predicted molar refractivity (Wildman–Crippen MR) is 100 cm³/mol. The molecule has 0 spiro atoms. The lowest BCUT2D eigenvalue weighted by molar-refractivity contribution is -0.273. The Bertz CT molecular complexity index is 726. The minimum atomic E-state index is -1.20. The van der Waals surface area contributed by atoms with Crippen LogP contribution < -0.4 is 0 Å². The lowest BCUT2D eigenvalue weighted by Crippen LogP contribution is -2.59. The SMILES string of the molecule is CO[C@@H]1[C@H](OC(=O)c2ccccc2)[C@@H](C)OC(O)[C@H]1OSc1ccccc1. The lowest BCUT2D eigenvalue weighted by atomic mass is 9.99. The molecule has 0 amide bonds. The summed E-state index contributed by atoms with van der Waals surface area (Å²) in [5.41, 5.74) is 0.432. The van der Waals surface area contributed by atoms with Crippen molar-refractivity contribution in [2.45, 2.75) is 42.5 Å². The topological polar surface area (TPSA) is 74.2 Å². The van der Waals surface area contributed by atoms with E-state index in [4.69, 9.17) is 18.4 Å². The molecule has 27 heavy (non-hydrogen) atoms. The summed E-state index contributed by atoms with van der Waals surface area (Å²) >= 11 is 1.11. The molecule has 1 unspecified atom stereocenters. The van der Waals surface area contributed by atoms with Crippen molar-refractivity contribution >= 4 is 18.0 Å². The standard InChI is InChI=1S/C20H22O6S/c1-13-16(25-19(21)14-9-5-3-6-10-14)17(23-2)18(20(22)24-13)26-27-15-11-7-4-8-12-15/h3-13,16-18,20,22H,1-2H3/t13-,16-,17-,18+,20?/m1/s1. The van der Waals surface area contributed by atoms with Crippen LogP contribution in [0.4, 0.5) is 0 Å². The van der Waals surface area contributed by atoms with Gasteiger partial charge in [-0.05, 0) is 31.2 Å². The van der Waals surface area contributed by atoms with Crippen molar-refractivity contribution in [2.24, 2.45) is 0 Å². The number of hydrogen-bond donors (Lipinski definition) is 1. The van der Waals surface area contributed by atoms with Crippen LogP contribution in [-0.4, -0.2) is 48.9 Å². The van der Waals surface area contributed by atoms with Crippen LogP contribution in [0, 0.1) is 0 Å². The maximum atomic E-state index is 12.4. The second-order valence-corrected chi connectivity index (χ2v) is 6.96. The van der Waals surface area contributed by atoms with Crippen molar-refractivity contribution in [3.8, 4) is 0 Å². The van der Waals surface area contributed by atoms with Crippen LogP contribution in [0.1, 0.15) is 17.3 Å². The lowest BCUT2D eigenvalue weighted by Gasteiger charge is -2.41. The highest BCUT2D eigenvalue weighted by Gasteiger charge is 2.47. The molecule has 0 bridgehead atoms. The zero-order valence-electron chi connectivity index (χ0n) is 15.1. The van der Waals surface area contributed by atoms with E-state index in [-0.39, 0.29) is 0 Å². The molecule has 1 saturated heterocycles. The third kappa shape index (κ3) is 4.88. The van der Waals surface area contributed by atoms with Gasteiger partial charge in [-0.25, -0.2) is 4.79 Å². The second kappa shape index (κ2) is 9.34. The van der Waals surface area contributed by atoms with Gasteiger partial charge in [-0.3, -0.25) is 4.18 Å². The molecule has 0 saturated carbocycles. The normalized spacial score (nSPS) is 27.9. The van der Waals surface area contributed by atoms with Gasteiger partial charge in [-0.2, -0.15) is 0 Å². The summed E-state index contributed by atoms with van der Waals surface area (Å²) in [5.74, 6) is -0.482. The van der Waals surface area contributed by atoms with Gasteiger partial charge in [0.25, 0.3) is 0 Å². The zero-order chi connectivity index (χ0) is 19.2. The third-order valence-corrected chi connectivity index (χ3v) is 5.05. The fourth-order valence-electron chi connectivity index (χ4n) is 2.88. The maximum absolute atomic E-state index is 12.4. The summed E-state index contributed by atoms with van der Waals surface area (Å²) in [6, 6.07) is 18.1. The molecule has 3 rings (SSSR count). The van der Waals surface area contributed by atoms with E-state index < -0.39 is 36.7 Å². The van der Waals surface area contributed by atoms with E-state index in [9.17, 15) is 9.90 Å². The average Bonchev–Trinajstić information content (AvgIpc) is 2.70. The van der Waals surface area contributed by atoms with Crippen LogP contribution in [0.3, 0.4) is 0 Å². The van der Waals surface area contributed by atoms with Crippen LogP contribution in [0.15, 0.2) is 65.6 Å². The van der Waals surface area contributed by atoms with Crippen molar-refractivity contribution in [3.63, 3.8) is 0 Å². The molecule has 1 aliphatic rings. The highest BCUT2D eigenvalue weighted by molar-refractivity contribution is 7.94. The zero-order valence-corrected chi connectivity index (χ0v) is 15.9. The Morgan fingerprint density at radius 3 is 2.26 bits per heavy atom. The van der Waals surface area contributed by atoms with E-state index >= 15 is 0 Å². The van der Waals surface area contributed by atoms with Gasteiger partial charge in [0.2, 0.25) is 0 Å². The Balaban J connectivity index is 1.71. The van der Waals surface area contributed by atoms with Gasteiger partial charge >= 0.3 is 5.97 Å². The van der Waals surface area contributed by atoms with E-state index in [0.717, 1.165) is 16.9 Å². The van der Waals surface area contributed by atoms with Gasteiger partial charge in [0.15, 0.2) is 18.5 Å². The minimum Gasteiger partial charge on any atom is -0.453 e. The van der Waals surface area contributed by atoms with Gasteiger partial charge in [0.1, 0.15) is 6.10 Å². The summed E-state index contributed by atoms with van der Waals surface area (Å²) in [5, 5.41) is 10.3. The summed E-state index contributed by atoms with van der Waals surface area (Å²) in [7, 11) is 1.49. The first kappa shape index (κ1) is 19.9. The predicted octanol–water partition coefficient (Wildman–Crippen LogP) is 3.06. The molecule has 5 atom stereocenters. The van der Waals surface area contributed by atoms with Crippen LogP contribution in [0.25, 0.3) is 0 Å². The first-order valence-electron chi connectivity index (χ1n) is 8.61. The molecule has 1 fully saturated rings. The van der Waals surface area contributed by atoms with E-state index in [0.29, 0.717) is 5.56 Å². The van der Waals surface area contributed by atoms with Crippen molar-refractivity contribution in [3.05, 3.63) is 66.2 Å². The van der Waals surface area contributed by atoms with Crippen molar-refractivity contribution < 1.29 is 28.3 Å². The summed E-state index contributed by atoms with van der Waals surface area (Å²) in [6.45, 7) is 1.72. The largest absolute Gasteiger partial charge is 0.453 e. The molecule has 6 nitrogen and oxygen atoms in total. The minimum absolute atomic E-state index is 0.432. The van der Waals surface area contributed by atoms with E-state index in [1.165, 1.54) is 7.11 Å². The number of esters is 1. The van der Waals surface area contributed by atoms with Gasteiger partial charge in [0, 0.05) is 24.0 Å². The number of aliphatic hydroxyl groups is 1. The molecule has 2 aromatic rings. The molecule has 144 valence electrons. The number of benzene rings is 2. The van der Waals surface area contributed by atoms with Crippen LogP contribution in [0.2, 0.25) is 0 Å². The van der Waals surface area contributed by atoms with Crippen LogP contribution >= 0.6 is 12.0 Å². The molecule has 0 radical (unpaired) electrons. The third-order valence-electron chi connectivity index (χ3n) is 4.27. The highest BCUT2D eigenvalue weighted by Crippen LogP contribution is 2.31. The number of rotatable bonds is 6. The number of carbonyl (C=O) groups excluding carboxylic acids is 1. The Morgan fingerprint density at radius 2 is 1.63 bits per heavy atom. The summed E-state index contributed by atoms with van der Waals surface area (Å²) < 4.78 is 22.5. The quantitative estimate of drug-likeness (QED) is 0.600. The molecular weight excluding hydrogens is 368 g/mol. The van der Waals surface area contributed by atoms with Crippen molar-refractivity contribution in [1.82, 2.24) is 0 Å². The fourth-order valence-corrected chi connectivity index (χ4v) is 3.57. The Kier molecular flexibility index (Phi) is 6.87. The molecule has 7 heteroatoms. The molecule has 0 aliphatic carbocycles. The molecule has 1 aliphatic heterocycles. The monoisotopic (exact) mass is 390 g/mol. The number of hydrogen-bond acceptors (Lipinski definition) is 7.